The lowest BCUT2D eigenvalue weighted by molar-refractivity contribution is 0.921. The maximum atomic E-state index is 4.04. The fourth-order valence-electron chi connectivity index (χ4n) is 1.09. The quantitative estimate of drug-likeness (QED) is 0.669. The van der Waals surface area contributed by atoms with Gasteiger partial charge in [-0.2, -0.15) is 0 Å². The van der Waals surface area contributed by atoms with E-state index in [1.165, 1.54) is 10.4 Å². The fraction of sp³-hybridized carbons (Fsp3) is 0.250. The van der Waals surface area contributed by atoms with Gasteiger partial charge < -0.3 is 4.57 Å². The van der Waals surface area contributed by atoms with Gasteiger partial charge in [0.25, 0.3) is 0 Å². The maximum Gasteiger partial charge on any atom is 0.173 e. The summed E-state index contributed by atoms with van der Waals surface area (Å²) in [6.45, 7) is 2.08. The van der Waals surface area contributed by atoms with Crippen LogP contribution in [-0.4, -0.2) is 14.8 Å². The second kappa shape index (κ2) is 2.71. The Hall–Kier alpha value is -1.16. The molecule has 0 saturated carbocycles. The zero-order valence-electron chi connectivity index (χ0n) is 6.98. The van der Waals surface area contributed by atoms with E-state index in [2.05, 4.69) is 28.6 Å². The molecule has 0 unspecified atom stereocenters. The Morgan fingerprint density at radius 1 is 1.50 bits per heavy atom. The second-order valence-corrected chi connectivity index (χ2v) is 3.61. The van der Waals surface area contributed by atoms with Crippen molar-refractivity contribution in [3.05, 3.63) is 23.3 Å². The summed E-state index contributed by atoms with van der Waals surface area (Å²) >= 11 is 1.70. The van der Waals surface area contributed by atoms with E-state index in [1.54, 1.807) is 17.7 Å². The first-order valence-electron chi connectivity index (χ1n) is 3.67. The highest BCUT2D eigenvalue weighted by Crippen LogP contribution is 2.26. The molecule has 0 radical (unpaired) electrons. The second-order valence-electron chi connectivity index (χ2n) is 2.70. The lowest BCUT2D eigenvalue weighted by Gasteiger charge is -1.96. The Morgan fingerprint density at radius 2 is 2.33 bits per heavy atom. The lowest BCUT2D eigenvalue weighted by Crippen LogP contribution is -1.89. The third kappa shape index (κ3) is 1.04. The number of aryl methyl sites for hydroxylation is 2. The van der Waals surface area contributed by atoms with Crippen LogP contribution in [0.15, 0.2) is 17.8 Å². The fourth-order valence-corrected chi connectivity index (χ4v) is 2.04. The average molecular weight is 179 g/mol. The Balaban J connectivity index is 2.57. The van der Waals surface area contributed by atoms with Gasteiger partial charge in [0.05, 0.1) is 4.88 Å². The Morgan fingerprint density at radius 3 is 2.83 bits per heavy atom. The van der Waals surface area contributed by atoms with Gasteiger partial charge in [-0.1, -0.05) is 0 Å². The minimum atomic E-state index is 0.947. The monoisotopic (exact) mass is 179 g/mol. The maximum absolute atomic E-state index is 4.04. The van der Waals surface area contributed by atoms with E-state index >= 15 is 0 Å². The van der Waals surface area contributed by atoms with Gasteiger partial charge in [0.1, 0.15) is 6.33 Å². The largest absolute Gasteiger partial charge is 0.316 e. The molecule has 0 atom stereocenters. The van der Waals surface area contributed by atoms with E-state index < -0.39 is 0 Å². The molecule has 2 heterocycles. The number of nitrogens with zero attached hydrogens (tertiary/aromatic N) is 3. The van der Waals surface area contributed by atoms with Crippen molar-refractivity contribution in [3.8, 4) is 10.7 Å². The first kappa shape index (κ1) is 7.49. The van der Waals surface area contributed by atoms with Gasteiger partial charge in [0, 0.05) is 7.05 Å². The van der Waals surface area contributed by atoms with Crippen LogP contribution in [0.4, 0.5) is 0 Å². The minimum absolute atomic E-state index is 0.947. The molecular formula is C8H9N3S. The number of aromatic nitrogens is 3. The summed E-state index contributed by atoms with van der Waals surface area (Å²) in [4.78, 5) is 1.20. The van der Waals surface area contributed by atoms with Crippen LogP contribution in [0.2, 0.25) is 0 Å². The van der Waals surface area contributed by atoms with Crippen LogP contribution in [0.25, 0.3) is 10.7 Å². The van der Waals surface area contributed by atoms with E-state index in [1.807, 2.05) is 11.6 Å². The van der Waals surface area contributed by atoms with E-state index in [-0.39, 0.29) is 0 Å². The molecule has 0 aliphatic carbocycles. The molecule has 12 heavy (non-hydrogen) atoms. The smallest absolute Gasteiger partial charge is 0.173 e. The summed E-state index contributed by atoms with van der Waals surface area (Å²) in [5, 5.41) is 9.95. The van der Waals surface area contributed by atoms with Crippen molar-refractivity contribution in [2.75, 3.05) is 0 Å². The van der Waals surface area contributed by atoms with Crippen molar-refractivity contribution < 1.29 is 0 Å². The molecule has 0 saturated heterocycles. The topological polar surface area (TPSA) is 30.7 Å². The number of hydrogen-bond donors (Lipinski definition) is 0. The van der Waals surface area contributed by atoms with Crippen molar-refractivity contribution in [2.45, 2.75) is 6.92 Å². The van der Waals surface area contributed by atoms with E-state index in [0.717, 1.165) is 5.82 Å². The van der Waals surface area contributed by atoms with Crippen LogP contribution in [0.3, 0.4) is 0 Å². The first-order chi connectivity index (χ1) is 5.79. The van der Waals surface area contributed by atoms with Crippen LogP contribution in [0.5, 0.6) is 0 Å². The molecule has 0 amide bonds. The van der Waals surface area contributed by atoms with Gasteiger partial charge in [-0.25, -0.2) is 0 Å². The van der Waals surface area contributed by atoms with E-state index in [0.29, 0.717) is 0 Å². The number of hydrogen-bond acceptors (Lipinski definition) is 3. The standard InChI is InChI=1S/C8H9N3S/c1-6-3-4-12-7(6)8-10-9-5-11(8)2/h3-5H,1-2H3. The molecule has 0 bridgehead atoms. The van der Waals surface area contributed by atoms with Crippen LogP contribution < -0.4 is 0 Å². The molecule has 0 aliphatic heterocycles. The van der Waals surface area contributed by atoms with Gasteiger partial charge in [-0.3, -0.25) is 0 Å². The summed E-state index contributed by atoms with van der Waals surface area (Å²) in [5.41, 5.74) is 1.26. The SMILES string of the molecule is Cc1ccsc1-c1nncn1C. The minimum Gasteiger partial charge on any atom is -0.316 e. The molecular weight excluding hydrogens is 170 g/mol. The van der Waals surface area contributed by atoms with Crippen molar-refractivity contribution >= 4 is 11.3 Å². The zero-order valence-corrected chi connectivity index (χ0v) is 7.80. The lowest BCUT2D eigenvalue weighted by atomic mass is 10.3. The Kier molecular flexibility index (Phi) is 1.69. The molecule has 4 heteroatoms. The summed E-state index contributed by atoms with van der Waals surface area (Å²) in [5.74, 6) is 0.947. The van der Waals surface area contributed by atoms with Crippen molar-refractivity contribution in [1.82, 2.24) is 14.8 Å². The highest BCUT2D eigenvalue weighted by molar-refractivity contribution is 7.13. The molecule has 0 spiro atoms. The molecule has 0 aromatic carbocycles. The third-order valence-corrected chi connectivity index (χ3v) is 2.79. The number of rotatable bonds is 1. The summed E-state index contributed by atoms with van der Waals surface area (Å²) in [7, 11) is 1.95. The van der Waals surface area contributed by atoms with Crippen LogP contribution >= 0.6 is 11.3 Å². The van der Waals surface area contributed by atoms with Crippen molar-refractivity contribution in [2.24, 2.45) is 7.05 Å². The Labute approximate surface area is 74.7 Å². The van der Waals surface area contributed by atoms with Crippen LogP contribution in [0, 0.1) is 6.92 Å². The van der Waals surface area contributed by atoms with Gasteiger partial charge in [-0.05, 0) is 23.9 Å². The highest BCUT2D eigenvalue weighted by atomic mass is 32.1. The first-order valence-corrected chi connectivity index (χ1v) is 4.55. The molecule has 2 rings (SSSR count). The molecule has 0 aliphatic rings. The van der Waals surface area contributed by atoms with Crippen LogP contribution in [-0.2, 0) is 7.05 Å². The average Bonchev–Trinajstić information content (AvgIpc) is 2.59. The predicted molar refractivity (Wildman–Crippen MR) is 49.1 cm³/mol. The molecule has 62 valence electrons. The molecule has 0 fully saturated rings. The van der Waals surface area contributed by atoms with E-state index in [4.69, 9.17) is 0 Å². The zero-order chi connectivity index (χ0) is 8.55. The van der Waals surface area contributed by atoms with Gasteiger partial charge in [0.2, 0.25) is 0 Å². The summed E-state index contributed by atoms with van der Waals surface area (Å²) in [6.07, 6.45) is 1.72. The van der Waals surface area contributed by atoms with Crippen molar-refractivity contribution in [1.29, 1.82) is 0 Å². The highest BCUT2D eigenvalue weighted by Gasteiger charge is 2.07. The third-order valence-electron chi connectivity index (χ3n) is 1.78. The molecule has 2 aromatic rings. The normalized spacial score (nSPS) is 10.5. The number of thiophene rings is 1. The molecule has 3 nitrogen and oxygen atoms in total. The Bertz CT molecular complexity index is 350. The van der Waals surface area contributed by atoms with Gasteiger partial charge in [-0.15, -0.1) is 21.5 Å². The van der Waals surface area contributed by atoms with Gasteiger partial charge >= 0.3 is 0 Å². The van der Waals surface area contributed by atoms with Gasteiger partial charge in [0.15, 0.2) is 5.82 Å². The van der Waals surface area contributed by atoms with Crippen LogP contribution in [0.1, 0.15) is 5.56 Å². The molecule has 2 aromatic heterocycles. The van der Waals surface area contributed by atoms with E-state index in [9.17, 15) is 0 Å². The summed E-state index contributed by atoms with van der Waals surface area (Å²) in [6, 6.07) is 2.09. The predicted octanol–water partition coefficient (Wildman–Crippen LogP) is 1.85. The molecule has 0 N–H and O–H groups in total. The van der Waals surface area contributed by atoms with Crippen molar-refractivity contribution in [3.63, 3.8) is 0 Å². The summed E-state index contributed by atoms with van der Waals surface area (Å²) < 4.78 is 1.93.